The van der Waals surface area contributed by atoms with Gasteiger partial charge in [0.1, 0.15) is 21.8 Å². The molecule has 4 rings (SSSR count). The Hall–Kier alpha value is -2.16. The van der Waals surface area contributed by atoms with Crippen LogP contribution >= 0.6 is 24.0 Å². The Morgan fingerprint density at radius 2 is 1.89 bits per heavy atom. The molecule has 3 aliphatic rings. The Bertz CT molecular complexity index is 1290. The number of nitrogens with zero attached hydrogens (tertiary/aromatic N) is 4. The largest absolute Gasteiger partial charge is 0.357 e. The van der Waals surface area contributed by atoms with Crippen LogP contribution in [0.15, 0.2) is 9.70 Å². The van der Waals surface area contributed by atoms with E-state index in [1.807, 2.05) is 6.92 Å². The Kier molecular flexibility index (Phi) is 7.74. The highest BCUT2D eigenvalue weighted by Crippen LogP contribution is 2.38. The van der Waals surface area contributed by atoms with E-state index in [0.29, 0.717) is 33.3 Å². The molecule has 4 heterocycles. The number of rotatable bonds is 5. The van der Waals surface area contributed by atoms with Crippen molar-refractivity contribution in [3.8, 4) is 6.07 Å². The van der Waals surface area contributed by atoms with Crippen LogP contribution in [0.5, 0.6) is 0 Å². The van der Waals surface area contributed by atoms with Gasteiger partial charge in [-0.1, -0.05) is 43.7 Å². The zero-order chi connectivity index (χ0) is 25.3. The van der Waals surface area contributed by atoms with Crippen LogP contribution in [-0.2, 0) is 21.2 Å². The maximum absolute atomic E-state index is 13.4. The molecule has 0 spiro atoms. The average Bonchev–Trinajstić information content (AvgIpc) is 3.15. The van der Waals surface area contributed by atoms with Crippen molar-refractivity contribution in [2.24, 2.45) is 0 Å². The van der Waals surface area contributed by atoms with E-state index in [-0.39, 0.29) is 28.5 Å². The summed E-state index contributed by atoms with van der Waals surface area (Å²) in [4.78, 5) is 30.7. The molecule has 0 radical (unpaired) electrons. The minimum Gasteiger partial charge on any atom is -0.357 e. The number of thiocarbonyl (C=S) groups is 1. The first-order chi connectivity index (χ1) is 16.7. The Morgan fingerprint density at radius 3 is 2.46 bits per heavy atom. The van der Waals surface area contributed by atoms with Gasteiger partial charge >= 0.3 is 0 Å². The summed E-state index contributed by atoms with van der Waals surface area (Å²) in [6.45, 7) is 5.83. The van der Waals surface area contributed by atoms with Crippen molar-refractivity contribution < 1.29 is 13.2 Å². The number of hydrogen-bond donors (Lipinski definition) is 0. The first-order valence-corrected chi connectivity index (χ1v) is 15.1. The fourth-order valence-electron chi connectivity index (χ4n) is 5.10. The number of hydrogen-bond acceptors (Lipinski definition) is 8. The van der Waals surface area contributed by atoms with Gasteiger partial charge in [0.15, 0.2) is 9.84 Å². The molecular weight excluding hydrogens is 504 g/mol. The van der Waals surface area contributed by atoms with Crippen LogP contribution in [0.2, 0.25) is 0 Å². The van der Waals surface area contributed by atoms with Crippen molar-refractivity contribution in [3.63, 3.8) is 0 Å². The van der Waals surface area contributed by atoms with Crippen LogP contribution in [0.3, 0.4) is 0 Å². The van der Waals surface area contributed by atoms with Gasteiger partial charge in [0.25, 0.3) is 11.5 Å². The van der Waals surface area contributed by atoms with Gasteiger partial charge in [-0.3, -0.25) is 19.1 Å². The molecule has 1 unspecified atom stereocenters. The third-order valence-corrected chi connectivity index (χ3v) is 9.95. The van der Waals surface area contributed by atoms with E-state index in [2.05, 4.69) is 11.0 Å². The lowest BCUT2D eigenvalue weighted by Gasteiger charge is -2.29. The lowest BCUT2D eigenvalue weighted by atomic mass is 10.0. The molecule has 0 aliphatic carbocycles. The van der Waals surface area contributed by atoms with Gasteiger partial charge in [-0.15, -0.1) is 0 Å². The van der Waals surface area contributed by atoms with Gasteiger partial charge in [-0.2, -0.15) is 5.26 Å². The van der Waals surface area contributed by atoms with E-state index in [9.17, 15) is 23.3 Å². The molecule has 35 heavy (non-hydrogen) atoms. The molecule has 1 aromatic heterocycles. The molecule has 188 valence electrons. The lowest BCUT2D eigenvalue weighted by molar-refractivity contribution is -0.123. The SMILES string of the molecule is CCCn1c(N2CCCCCC2)c(C=C2SC(=S)N(C3CCS(=O)(=O)C3)C2=O)c(C)c(C#N)c1=O. The van der Waals surface area contributed by atoms with Gasteiger partial charge in [-0.05, 0) is 44.2 Å². The third kappa shape index (κ3) is 5.06. The average molecular weight is 535 g/mol. The Balaban J connectivity index is 1.85. The van der Waals surface area contributed by atoms with Crippen molar-refractivity contribution in [2.45, 2.75) is 65.0 Å². The predicted octanol–water partition coefficient (Wildman–Crippen LogP) is 3.21. The van der Waals surface area contributed by atoms with Crippen molar-refractivity contribution in [3.05, 3.63) is 31.9 Å². The van der Waals surface area contributed by atoms with Crippen LogP contribution in [0.4, 0.5) is 5.82 Å². The number of sulfone groups is 1. The zero-order valence-electron chi connectivity index (χ0n) is 20.1. The van der Waals surface area contributed by atoms with Crippen molar-refractivity contribution in [1.29, 1.82) is 5.26 Å². The normalized spacial score (nSPS) is 23.7. The Morgan fingerprint density at radius 1 is 1.20 bits per heavy atom. The highest BCUT2D eigenvalue weighted by atomic mass is 32.2. The molecule has 1 aromatic rings. The smallest absolute Gasteiger partial charge is 0.270 e. The molecule has 0 saturated carbocycles. The van der Waals surface area contributed by atoms with Crippen LogP contribution in [0.1, 0.15) is 62.1 Å². The van der Waals surface area contributed by atoms with E-state index in [1.54, 1.807) is 17.6 Å². The lowest BCUT2D eigenvalue weighted by Crippen LogP contribution is -2.39. The molecule has 0 aromatic carbocycles. The van der Waals surface area contributed by atoms with Gasteiger partial charge in [0.05, 0.1) is 22.5 Å². The first kappa shape index (κ1) is 25.9. The number of anilines is 1. The number of pyridine rings is 1. The van der Waals surface area contributed by atoms with Crippen molar-refractivity contribution in [2.75, 3.05) is 29.5 Å². The number of nitriles is 1. The molecular formula is C24H30N4O4S3. The highest BCUT2D eigenvalue weighted by molar-refractivity contribution is 8.26. The van der Waals surface area contributed by atoms with E-state index >= 15 is 0 Å². The number of aromatic nitrogens is 1. The topological polar surface area (TPSA) is 103 Å². The molecule has 11 heteroatoms. The second-order valence-corrected chi connectivity index (χ2v) is 13.2. The molecule has 1 atom stereocenters. The fraction of sp³-hybridized carbons (Fsp3) is 0.583. The standard InChI is InChI=1S/C24H30N4O4S3/c1-3-9-27-21(26-10-6-4-5-7-11-26)18(16(2)19(14-25)22(27)29)13-20-23(30)28(24(33)34-20)17-8-12-35(31,32)15-17/h13,17H,3-12,15H2,1-2H3. The van der Waals surface area contributed by atoms with E-state index < -0.39 is 15.9 Å². The summed E-state index contributed by atoms with van der Waals surface area (Å²) in [6.07, 6.45) is 7.13. The quantitative estimate of drug-likeness (QED) is 0.419. The van der Waals surface area contributed by atoms with Gasteiger partial charge in [0, 0.05) is 25.2 Å². The summed E-state index contributed by atoms with van der Waals surface area (Å²) in [5, 5.41) is 9.80. The molecule has 3 saturated heterocycles. The van der Waals surface area contributed by atoms with Crippen molar-refractivity contribution >= 4 is 55.9 Å². The van der Waals surface area contributed by atoms with E-state index in [0.717, 1.165) is 62.8 Å². The van der Waals surface area contributed by atoms with Gasteiger partial charge < -0.3 is 4.90 Å². The van der Waals surface area contributed by atoms with Gasteiger partial charge in [-0.25, -0.2) is 8.42 Å². The predicted molar refractivity (Wildman–Crippen MR) is 143 cm³/mol. The van der Waals surface area contributed by atoms with Crippen LogP contribution < -0.4 is 10.5 Å². The second-order valence-electron chi connectivity index (χ2n) is 9.32. The van der Waals surface area contributed by atoms with Crippen LogP contribution in [0, 0.1) is 18.3 Å². The summed E-state index contributed by atoms with van der Waals surface area (Å²) in [6, 6.07) is 1.63. The van der Waals surface area contributed by atoms with Crippen molar-refractivity contribution in [1.82, 2.24) is 9.47 Å². The summed E-state index contributed by atoms with van der Waals surface area (Å²) in [7, 11) is -3.18. The Labute approximate surface area is 215 Å². The minimum absolute atomic E-state index is 0.0551. The number of amides is 1. The van der Waals surface area contributed by atoms with E-state index in [4.69, 9.17) is 12.2 Å². The maximum atomic E-state index is 13.4. The van der Waals surface area contributed by atoms with Crippen LogP contribution in [0.25, 0.3) is 6.08 Å². The minimum atomic E-state index is -3.18. The number of thioether (sulfide) groups is 1. The third-order valence-electron chi connectivity index (χ3n) is 6.87. The molecule has 3 aliphatic heterocycles. The number of carbonyl (C=O) groups excluding carboxylic acids is 1. The monoisotopic (exact) mass is 534 g/mol. The molecule has 0 bridgehead atoms. The highest BCUT2D eigenvalue weighted by Gasteiger charge is 2.42. The molecule has 3 fully saturated rings. The summed E-state index contributed by atoms with van der Waals surface area (Å²) in [5.74, 6) is 0.420. The molecule has 0 N–H and O–H groups in total. The summed E-state index contributed by atoms with van der Waals surface area (Å²) in [5.41, 5.74) is 1.03. The fourth-order valence-corrected chi connectivity index (χ4v) is 8.19. The van der Waals surface area contributed by atoms with Gasteiger partial charge in [0.2, 0.25) is 0 Å². The number of carbonyl (C=O) groups is 1. The molecule has 8 nitrogen and oxygen atoms in total. The maximum Gasteiger partial charge on any atom is 0.270 e. The van der Waals surface area contributed by atoms with Crippen LogP contribution in [-0.4, -0.2) is 58.7 Å². The second kappa shape index (κ2) is 10.4. The summed E-state index contributed by atoms with van der Waals surface area (Å²) >= 11 is 6.64. The molecule has 1 amide bonds. The first-order valence-electron chi connectivity index (χ1n) is 12.1. The summed E-state index contributed by atoms with van der Waals surface area (Å²) < 4.78 is 26.0. The zero-order valence-corrected chi connectivity index (χ0v) is 22.5. The van der Waals surface area contributed by atoms with E-state index in [1.165, 1.54) is 4.90 Å².